The molecule has 1 N–H and O–H groups in total. The van der Waals surface area contributed by atoms with Gasteiger partial charge in [0.05, 0.1) is 18.0 Å². The first kappa shape index (κ1) is 23.7. The number of para-hydroxylation sites is 1. The first-order chi connectivity index (χ1) is 17.4. The molecule has 6 nitrogen and oxygen atoms in total. The van der Waals surface area contributed by atoms with Gasteiger partial charge in [0.1, 0.15) is 11.3 Å². The van der Waals surface area contributed by atoms with Crippen LogP contribution in [0, 0.1) is 13.8 Å². The highest BCUT2D eigenvalue weighted by Gasteiger charge is 2.20. The van der Waals surface area contributed by atoms with Crippen molar-refractivity contribution in [3.05, 3.63) is 100 Å². The van der Waals surface area contributed by atoms with E-state index in [4.69, 9.17) is 25.9 Å². The lowest BCUT2D eigenvalue weighted by atomic mass is 10.1. The van der Waals surface area contributed by atoms with Crippen LogP contribution in [0.1, 0.15) is 34.2 Å². The second kappa shape index (κ2) is 9.91. The number of amides is 1. The maximum absolute atomic E-state index is 13.1. The van der Waals surface area contributed by atoms with Crippen molar-refractivity contribution in [2.75, 3.05) is 6.61 Å². The molecule has 0 spiro atoms. The number of ether oxygens (including phenoxy) is 1. The summed E-state index contributed by atoms with van der Waals surface area (Å²) in [4.78, 5) is 13.1. The van der Waals surface area contributed by atoms with Crippen LogP contribution in [-0.2, 0) is 6.54 Å². The Balaban J connectivity index is 1.45. The van der Waals surface area contributed by atoms with E-state index in [1.165, 1.54) is 0 Å². The molecule has 0 fully saturated rings. The number of rotatable bonds is 7. The molecule has 3 aromatic carbocycles. The number of halogens is 1. The minimum atomic E-state index is -0.289. The van der Waals surface area contributed by atoms with Crippen molar-refractivity contribution in [2.45, 2.75) is 27.3 Å². The molecule has 2 aromatic heterocycles. The highest BCUT2D eigenvalue weighted by molar-refractivity contribution is 6.32. The van der Waals surface area contributed by atoms with E-state index >= 15 is 0 Å². The number of hydrogen-bond acceptors (Lipinski definition) is 4. The zero-order chi connectivity index (χ0) is 25.2. The largest absolute Gasteiger partial charge is 0.494 e. The van der Waals surface area contributed by atoms with Crippen molar-refractivity contribution >= 4 is 28.5 Å². The standard InChI is InChI=1S/C29H26ClN3O3/c1-4-35-23-12-10-20(11-13-23)27-21(17-33(32-27)22-8-6-5-7-9-22)16-31-29(34)28-19(3)24-15-25(30)18(2)14-26(24)36-28/h5-15,17H,4,16H2,1-3H3,(H,31,34). The monoisotopic (exact) mass is 499 g/mol. The van der Waals surface area contributed by atoms with Gasteiger partial charge in [-0.15, -0.1) is 0 Å². The fourth-order valence-electron chi connectivity index (χ4n) is 4.18. The second-order valence-corrected chi connectivity index (χ2v) is 8.98. The zero-order valence-corrected chi connectivity index (χ0v) is 21.1. The number of carbonyl (C=O) groups is 1. The third kappa shape index (κ3) is 4.60. The first-order valence-electron chi connectivity index (χ1n) is 11.8. The molecule has 7 heteroatoms. The number of fused-ring (bicyclic) bond motifs is 1. The molecule has 36 heavy (non-hydrogen) atoms. The number of hydrogen-bond donors (Lipinski definition) is 1. The van der Waals surface area contributed by atoms with Crippen molar-refractivity contribution in [1.29, 1.82) is 0 Å². The van der Waals surface area contributed by atoms with Crippen LogP contribution in [0.25, 0.3) is 27.9 Å². The minimum absolute atomic E-state index is 0.282. The summed E-state index contributed by atoms with van der Waals surface area (Å²) in [6, 6.07) is 21.4. The predicted octanol–water partition coefficient (Wildman–Crippen LogP) is 6.88. The maximum atomic E-state index is 13.1. The van der Waals surface area contributed by atoms with Crippen LogP contribution in [-0.4, -0.2) is 22.3 Å². The molecule has 0 bridgehead atoms. The zero-order valence-electron chi connectivity index (χ0n) is 20.3. The van der Waals surface area contributed by atoms with Gasteiger partial charge in [-0.3, -0.25) is 4.79 Å². The van der Waals surface area contributed by atoms with Crippen molar-refractivity contribution in [2.24, 2.45) is 0 Å². The normalized spacial score (nSPS) is 11.1. The summed E-state index contributed by atoms with van der Waals surface area (Å²) in [5, 5.41) is 9.33. The van der Waals surface area contributed by atoms with Gasteiger partial charge in [0.25, 0.3) is 5.91 Å². The molecule has 0 radical (unpaired) electrons. The van der Waals surface area contributed by atoms with E-state index in [1.54, 1.807) is 0 Å². The molecule has 182 valence electrons. The van der Waals surface area contributed by atoms with Crippen LogP contribution in [0.15, 0.2) is 77.3 Å². The predicted molar refractivity (Wildman–Crippen MR) is 142 cm³/mol. The lowest BCUT2D eigenvalue weighted by molar-refractivity contribution is 0.0924. The maximum Gasteiger partial charge on any atom is 0.287 e. The highest BCUT2D eigenvalue weighted by Crippen LogP contribution is 2.31. The highest BCUT2D eigenvalue weighted by atomic mass is 35.5. The van der Waals surface area contributed by atoms with Crippen LogP contribution in [0.4, 0.5) is 0 Å². The number of furan rings is 1. The molecular formula is C29H26ClN3O3. The van der Waals surface area contributed by atoms with E-state index in [1.807, 2.05) is 98.4 Å². The third-order valence-corrected chi connectivity index (χ3v) is 6.52. The summed E-state index contributed by atoms with van der Waals surface area (Å²) in [6.07, 6.45) is 1.94. The van der Waals surface area contributed by atoms with Crippen molar-refractivity contribution in [1.82, 2.24) is 15.1 Å². The minimum Gasteiger partial charge on any atom is -0.494 e. The lowest BCUT2D eigenvalue weighted by Crippen LogP contribution is -2.23. The lowest BCUT2D eigenvalue weighted by Gasteiger charge is -2.06. The Morgan fingerprint density at radius 3 is 2.56 bits per heavy atom. The fourth-order valence-corrected chi connectivity index (χ4v) is 4.35. The molecular weight excluding hydrogens is 474 g/mol. The quantitative estimate of drug-likeness (QED) is 0.265. The Morgan fingerprint density at radius 1 is 1.08 bits per heavy atom. The molecule has 0 atom stereocenters. The first-order valence-corrected chi connectivity index (χ1v) is 12.2. The van der Waals surface area contributed by atoms with Crippen molar-refractivity contribution < 1.29 is 13.9 Å². The van der Waals surface area contributed by atoms with Crippen molar-refractivity contribution in [3.8, 4) is 22.7 Å². The Bertz CT molecular complexity index is 1540. The Morgan fingerprint density at radius 2 is 1.83 bits per heavy atom. The molecule has 0 aliphatic rings. The molecule has 5 aromatic rings. The molecule has 5 rings (SSSR count). The van der Waals surface area contributed by atoms with Crippen LogP contribution in [0.3, 0.4) is 0 Å². The molecule has 0 saturated carbocycles. The molecule has 2 heterocycles. The Kier molecular flexibility index (Phi) is 6.53. The van der Waals surface area contributed by atoms with Crippen LogP contribution >= 0.6 is 11.6 Å². The second-order valence-electron chi connectivity index (χ2n) is 8.58. The van der Waals surface area contributed by atoms with Crippen LogP contribution < -0.4 is 10.1 Å². The SMILES string of the molecule is CCOc1ccc(-c2nn(-c3ccccc3)cc2CNC(=O)c2oc3cc(C)c(Cl)cc3c2C)cc1. The van der Waals surface area contributed by atoms with Gasteiger partial charge >= 0.3 is 0 Å². The summed E-state index contributed by atoms with van der Waals surface area (Å²) >= 11 is 6.29. The van der Waals surface area contributed by atoms with Gasteiger partial charge in [0.15, 0.2) is 5.76 Å². The number of aromatic nitrogens is 2. The number of aryl methyl sites for hydroxylation is 2. The number of nitrogens with one attached hydrogen (secondary N) is 1. The molecule has 0 saturated heterocycles. The average Bonchev–Trinajstić information content (AvgIpc) is 3.46. The average molecular weight is 500 g/mol. The van der Waals surface area contributed by atoms with E-state index in [-0.39, 0.29) is 18.2 Å². The number of carbonyl (C=O) groups excluding carboxylic acids is 1. The Hall–Kier alpha value is -4.03. The van der Waals surface area contributed by atoms with Gasteiger partial charge in [0.2, 0.25) is 0 Å². The van der Waals surface area contributed by atoms with Gasteiger partial charge < -0.3 is 14.5 Å². The van der Waals surface area contributed by atoms with E-state index in [2.05, 4.69) is 5.32 Å². The molecule has 0 unspecified atom stereocenters. The smallest absolute Gasteiger partial charge is 0.287 e. The fraction of sp³-hybridized carbons (Fsp3) is 0.172. The van der Waals surface area contributed by atoms with E-state index < -0.39 is 0 Å². The Labute approximate surface area is 214 Å². The molecule has 0 aliphatic carbocycles. The summed E-state index contributed by atoms with van der Waals surface area (Å²) in [5.74, 6) is 0.793. The van der Waals surface area contributed by atoms with Gasteiger partial charge in [0, 0.05) is 39.8 Å². The summed E-state index contributed by atoms with van der Waals surface area (Å²) in [6.45, 7) is 6.61. The topological polar surface area (TPSA) is 69.3 Å². The van der Waals surface area contributed by atoms with Crippen LogP contribution in [0.5, 0.6) is 5.75 Å². The number of benzene rings is 3. The van der Waals surface area contributed by atoms with E-state index in [9.17, 15) is 4.79 Å². The van der Waals surface area contributed by atoms with E-state index in [0.29, 0.717) is 17.2 Å². The van der Waals surface area contributed by atoms with Gasteiger partial charge in [-0.25, -0.2) is 4.68 Å². The number of nitrogens with zero attached hydrogens (tertiary/aromatic N) is 2. The molecule has 0 aliphatic heterocycles. The summed E-state index contributed by atoms with van der Waals surface area (Å²) in [5.41, 5.74) is 5.83. The third-order valence-electron chi connectivity index (χ3n) is 6.11. The summed E-state index contributed by atoms with van der Waals surface area (Å²) in [7, 11) is 0. The van der Waals surface area contributed by atoms with Crippen molar-refractivity contribution in [3.63, 3.8) is 0 Å². The van der Waals surface area contributed by atoms with Gasteiger partial charge in [-0.2, -0.15) is 5.10 Å². The summed E-state index contributed by atoms with van der Waals surface area (Å²) < 4.78 is 13.3. The van der Waals surface area contributed by atoms with Crippen LogP contribution in [0.2, 0.25) is 5.02 Å². The molecule has 1 amide bonds. The van der Waals surface area contributed by atoms with E-state index in [0.717, 1.165) is 44.8 Å². The van der Waals surface area contributed by atoms with Gasteiger partial charge in [-0.05, 0) is 74.9 Å². The van der Waals surface area contributed by atoms with Gasteiger partial charge in [-0.1, -0.05) is 29.8 Å².